The second kappa shape index (κ2) is 8.15. The van der Waals surface area contributed by atoms with Gasteiger partial charge in [0.25, 0.3) is 0 Å². The molecule has 21 heavy (non-hydrogen) atoms. The van der Waals surface area contributed by atoms with E-state index in [0.717, 1.165) is 39.0 Å². The highest BCUT2D eigenvalue weighted by molar-refractivity contribution is 5.78. The third-order valence-electron chi connectivity index (χ3n) is 4.12. The molecule has 1 amide bonds. The molecule has 0 bridgehead atoms. The Labute approximate surface area is 127 Å². The SMILES string of the molecule is CCN(C)Cc1cccc(CNC(=O)C2CCCNC2)c1. The van der Waals surface area contributed by atoms with Gasteiger partial charge in [0.1, 0.15) is 0 Å². The van der Waals surface area contributed by atoms with Gasteiger partial charge >= 0.3 is 0 Å². The van der Waals surface area contributed by atoms with Crippen molar-refractivity contribution < 1.29 is 4.79 Å². The largest absolute Gasteiger partial charge is 0.352 e. The van der Waals surface area contributed by atoms with E-state index in [2.05, 4.69) is 53.8 Å². The van der Waals surface area contributed by atoms with E-state index in [4.69, 9.17) is 0 Å². The van der Waals surface area contributed by atoms with Crippen LogP contribution in [0.3, 0.4) is 0 Å². The number of nitrogens with zero attached hydrogens (tertiary/aromatic N) is 1. The van der Waals surface area contributed by atoms with Crippen molar-refractivity contribution in [2.24, 2.45) is 5.92 Å². The van der Waals surface area contributed by atoms with Crippen LogP contribution in [0.5, 0.6) is 0 Å². The van der Waals surface area contributed by atoms with Crippen LogP contribution in [-0.2, 0) is 17.9 Å². The summed E-state index contributed by atoms with van der Waals surface area (Å²) >= 11 is 0. The predicted octanol–water partition coefficient (Wildman–Crippen LogP) is 1.75. The lowest BCUT2D eigenvalue weighted by Gasteiger charge is -2.22. The van der Waals surface area contributed by atoms with E-state index in [0.29, 0.717) is 6.54 Å². The number of nitrogens with one attached hydrogen (secondary N) is 2. The summed E-state index contributed by atoms with van der Waals surface area (Å²) in [5, 5.41) is 6.36. The molecule has 0 aliphatic carbocycles. The van der Waals surface area contributed by atoms with Gasteiger partial charge in [0.2, 0.25) is 5.91 Å². The molecule has 4 heteroatoms. The molecule has 0 saturated carbocycles. The molecule has 1 atom stereocenters. The Morgan fingerprint density at radius 3 is 2.95 bits per heavy atom. The maximum atomic E-state index is 12.1. The van der Waals surface area contributed by atoms with Crippen LogP contribution in [0.25, 0.3) is 0 Å². The molecule has 0 aromatic heterocycles. The summed E-state index contributed by atoms with van der Waals surface area (Å²) in [6.45, 7) is 6.62. The molecule has 1 aromatic rings. The summed E-state index contributed by atoms with van der Waals surface area (Å²) in [5.41, 5.74) is 2.47. The molecule has 1 unspecified atom stereocenters. The summed E-state index contributed by atoms with van der Waals surface area (Å²) in [6.07, 6.45) is 2.09. The van der Waals surface area contributed by atoms with Gasteiger partial charge < -0.3 is 15.5 Å². The predicted molar refractivity (Wildman–Crippen MR) is 85.9 cm³/mol. The first-order chi connectivity index (χ1) is 10.2. The van der Waals surface area contributed by atoms with Crippen molar-refractivity contribution in [1.82, 2.24) is 15.5 Å². The molecule has 116 valence electrons. The van der Waals surface area contributed by atoms with E-state index in [9.17, 15) is 4.79 Å². The second-order valence-corrected chi connectivity index (χ2v) is 5.91. The van der Waals surface area contributed by atoms with Crippen molar-refractivity contribution in [2.45, 2.75) is 32.9 Å². The monoisotopic (exact) mass is 289 g/mol. The number of hydrogen-bond acceptors (Lipinski definition) is 3. The van der Waals surface area contributed by atoms with Gasteiger partial charge in [-0.15, -0.1) is 0 Å². The summed E-state index contributed by atoms with van der Waals surface area (Å²) in [6, 6.07) is 8.48. The molecule has 2 rings (SSSR count). The van der Waals surface area contributed by atoms with Gasteiger partial charge in [0, 0.05) is 19.6 Å². The zero-order valence-electron chi connectivity index (χ0n) is 13.2. The highest BCUT2D eigenvalue weighted by Crippen LogP contribution is 2.11. The molecule has 1 heterocycles. The van der Waals surface area contributed by atoms with Gasteiger partial charge in [-0.1, -0.05) is 31.2 Å². The second-order valence-electron chi connectivity index (χ2n) is 5.91. The highest BCUT2D eigenvalue weighted by atomic mass is 16.1. The standard InChI is InChI=1S/C17H27N3O/c1-3-20(2)13-15-7-4-6-14(10-15)11-19-17(21)16-8-5-9-18-12-16/h4,6-7,10,16,18H,3,5,8-9,11-13H2,1-2H3,(H,19,21). The van der Waals surface area contributed by atoms with Gasteiger partial charge in [0.15, 0.2) is 0 Å². The normalized spacial score (nSPS) is 18.7. The number of amides is 1. The zero-order valence-corrected chi connectivity index (χ0v) is 13.2. The Hall–Kier alpha value is -1.39. The third kappa shape index (κ3) is 5.14. The van der Waals surface area contributed by atoms with Crippen molar-refractivity contribution in [3.05, 3.63) is 35.4 Å². The lowest BCUT2D eigenvalue weighted by molar-refractivity contribution is -0.125. The Morgan fingerprint density at radius 1 is 1.43 bits per heavy atom. The maximum absolute atomic E-state index is 12.1. The Bertz CT molecular complexity index is 455. The fourth-order valence-corrected chi connectivity index (χ4v) is 2.67. The van der Waals surface area contributed by atoms with E-state index in [1.807, 2.05) is 0 Å². The number of piperidine rings is 1. The minimum Gasteiger partial charge on any atom is -0.352 e. The average Bonchev–Trinajstić information content (AvgIpc) is 2.53. The van der Waals surface area contributed by atoms with Crippen LogP contribution in [0.1, 0.15) is 30.9 Å². The van der Waals surface area contributed by atoms with Crippen LogP contribution in [0, 0.1) is 5.92 Å². The summed E-state index contributed by atoms with van der Waals surface area (Å²) in [7, 11) is 2.12. The molecule has 1 aliphatic rings. The Kier molecular flexibility index (Phi) is 6.21. The highest BCUT2D eigenvalue weighted by Gasteiger charge is 2.20. The molecular weight excluding hydrogens is 262 g/mol. The van der Waals surface area contributed by atoms with Crippen LogP contribution in [0.15, 0.2) is 24.3 Å². The lowest BCUT2D eigenvalue weighted by atomic mass is 9.99. The fraction of sp³-hybridized carbons (Fsp3) is 0.588. The van der Waals surface area contributed by atoms with Crippen LogP contribution >= 0.6 is 0 Å². The molecule has 1 saturated heterocycles. The van der Waals surface area contributed by atoms with Crippen molar-refractivity contribution in [3.63, 3.8) is 0 Å². The third-order valence-corrected chi connectivity index (χ3v) is 4.12. The molecule has 1 aromatic carbocycles. The van der Waals surface area contributed by atoms with E-state index in [-0.39, 0.29) is 11.8 Å². The first-order valence-electron chi connectivity index (χ1n) is 7.94. The van der Waals surface area contributed by atoms with E-state index >= 15 is 0 Å². The number of carbonyl (C=O) groups excluding carboxylic acids is 1. The van der Waals surface area contributed by atoms with E-state index in [1.165, 1.54) is 11.1 Å². The van der Waals surface area contributed by atoms with Crippen molar-refractivity contribution in [1.29, 1.82) is 0 Å². The first kappa shape index (κ1) is 16.0. The minimum atomic E-state index is 0.133. The summed E-state index contributed by atoms with van der Waals surface area (Å²) in [5.74, 6) is 0.312. The number of benzene rings is 1. The lowest BCUT2D eigenvalue weighted by Crippen LogP contribution is -2.40. The Balaban J connectivity index is 1.84. The van der Waals surface area contributed by atoms with Crippen LogP contribution < -0.4 is 10.6 Å². The van der Waals surface area contributed by atoms with Crippen LogP contribution in [0.2, 0.25) is 0 Å². The Morgan fingerprint density at radius 2 is 2.24 bits per heavy atom. The molecule has 1 aliphatic heterocycles. The molecule has 4 nitrogen and oxygen atoms in total. The smallest absolute Gasteiger partial charge is 0.224 e. The maximum Gasteiger partial charge on any atom is 0.224 e. The molecular formula is C17H27N3O. The first-order valence-corrected chi connectivity index (χ1v) is 7.94. The number of carbonyl (C=O) groups is 1. The molecule has 0 radical (unpaired) electrons. The molecule has 0 spiro atoms. The van der Waals surface area contributed by atoms with Crippen LogP contribution in [-0.4, -0.2) is 37.5 Å². The van der Waals surface area contributed by atoms with Gasteiger partial charge in [-0.25, -0.2) is 0 Å². The number of hydrogen-bond donors (Lipinski definition) is 2. The summed E-state index contributed by atoms with van der Waals surface area (Å²) in [4.78, 5) is 14.4. The van der Waals surface area contributed by atoms with E-state index < -0.39 is 0 Å². The molecule has 1 fully saturated rings. The van der Waals surface area contributed by atoms with Gasteiger partial charge in [-0.05, 0) is 44.1 Å². The van der Waals surface area contributed by atoms with Gasteiger partial charge in [-0.2, -0.15) is 0 Å². The minimum absolute atomic E-state index is 0.133. The summed E-state index contributed by atoms with van der Waals surface area (Å²) < 4.78 is 0. The van der Waals surface area contributed by atoms with Crippen molar-refractivity contribution in [2.75, 3.05) is 26.7 Å². The topological polar surface area (TPSA) is 44.4 Å². The number of rotatable bonds is 6. The van der Waals surface area contributed by atoms with Gasteiger partial charge in [0.05, 0.1) is 5.92 Å². The quantitative estimate of drug-likeness (QED) is 0.838. The molecule has 2 N–H and O–H groups in total. The van der Waals surface area contributed by atoms with Crippen molar-refractivity contribution in [3.8, 4) is 0 Å². The zero-order chi connectivity index (χ0) is 15.1. The van der Waals surface area contributed by atoms with Gasteiger partial charge in [-0.3, -0.25) is 4.79 Å². The van der Waals surface area contributed by atoms with Crippen molar-refractivity contribution >= 4 is 5.91 Å². The van der Waals surface area contributed by atoms with Crippen LogP contribution in [0.4, 0.5) is 0 Å². The average molecular weight is 289 g/mol. The fourth-order valence-electron chi connectivity index (χ4n) is 2.67. The van der Waals surface area contributed by atoms with E-state index in [1.54, 1.807) is 0 Å².